The molecule has 1 N–H and O–H groups in total. The molecule has 0 amide bonds. The quantitative estimate of drug-likeness (QED) is 0.849. The Kier molecular flexibility index (Phi) is 5.56. The van der Waals surface area contributed by atoms with Gasteiger partial charge in [-0.25, -0.2) is 4.98 Å². The van der Waals surface area contributed by atoms with Gasteiger partial charge in [-0.2, -0.15) is 0 Å². The van der Waals surface area contributed by atoms with Gasteiger partial charge in [-0.3, -0.25) is 0 Å². The minimum Gasteiger partial charge on any atom is -0.375 e. The van der Waals surface area contributed by atoms with Crippen LogP contribution in [0.2, 0.25) is 0 Å². The van der Waals surface area contributed by atoms with E-state index < -0.39 is 0 Å². The van der Waals surface area contributed by atoms with Crippen molar-refractivity contribution < 1.29 is 4.74 Å². The molecule has 1 aromatic heterocycles. The Hall–Kier alpha value is -0.450. The zero-order valence-corrected chi connectivity index (χ0v) is 12.4. The molecule has 0 saturated carbocycles. The molecular weight excluding hydrogens is 232 g/mol. The summed E-state index contributed by atoms with van der Waals surface area (Å²) in [5.41, 5.74) is 1.31. The number of rotatable bonds is 6. The second kappa shape index (κ2) is 6.47. The molecule has 1 rings (SSSR count). The van der Waals surface area contributed by atoms with E-state index in [-0.39, 0.29) is 5.41 Å². The molecule has 0 atom stereocenters. The summed E-state index contributed by atoms with van der Waals surface area (Å²) < 4.78 is 5.43. The summed E-state index contributed by atoms with van der Waals surface area (Å²) in [6, 6.07) is 0. The van der Waals surface area contributed by atoms with Gasteiger partial charge in [-0.15, -0.1) is 11.3 Å². The standard InChI is InChI=1S/C13H24N2OS/c1-6-14-8-10-12(13(3,4)5)15-11(17-10)9-16-7-2/h14H,6-9H2,1-5H3. The fraction of sp³-hybridized carbons (Fsp3) is 0.769. The maximum atomic E-state index is 5.43. The van der Waals surface area contributed by atoms with E-state index in [1.54, 1.807) is 11.3 Å². The smallest absolute Gasteiger partial charge is 0.119 e. The van der Waals surface area contributed by atoms with Crippen LogP contribution in [-0.4, -0.2) is 18.1 Å². The molecule has 3 nitrogen and oxygen atoms in total. The summed E-state index contributed by atoms with van der Waals surface area (Å²) in [6.45, 7) is 14.0. The van der Waals surface area contributed by atoms with Crippen LogP contribution >= 0.6 is 11.3 Å². The van der Waals surface area contributed by atoms with Crippen molar-refractivity contribution in [1.29, 1.82) is 0 Å². The molecule has 0 aliphatic heterocycles. The van der Waals surface area contributed by atoms with Crippen molar-refractivity contribution >= 4 is 11.3 Å². The van der Waals surface area contributed by atoms with Crippen molar-refractivity contribution in [1.82, 2.24) is 10.3 Å². The second-order valence-electron chi connectivity index (χ2n) is 5.05. The minimum absolute atomic E-state index is 0.103. The highest BCUT2D eigenvalue weighted by Crippen LogP contribution is 2.29. The molecule has 0 aliphatic carbocycles. The average Bonchev–Trinajstić information content (AvgIpc) is 2.66. The van der Waals surface area contributed by atoms with Gasteiger partial charge in [-0.1, -0.05) is 27.7 Å². The third-order valence-electron chi connectivity index (χ3n) is 2.42. The Morgan fingerprint density at radius 2 is 2.00 bits per heavy atom. The second-order valence-corrected chi connectivity index (χ2v) is 6.22. The number of aromatic nitrogens is 1. The van der Waals surface area contributed by atoms with E-state index in [9.17, 15) is 0 Å². The van der Waals surface area contributed by atoms with Crippen molar-refractivity contribution in [3.8, 4) is 0 Å². The van der Waals surface area contributed by atoms with Crippen LogP contribution in [0.1, 0.15) is 50.2 Å². The number of thiazole rings is 1. The third-order valence-corrected chi connectivity index (χ3v) is 3.45. The SMILES string of the molecule is CCNCc1sc(COCC)nc1C(C)(C)C. The maximum absolute atomic E-state index is 5.43. The van der Waals surface area contributed by atoms with E-state index in [1.807, 2.05) is 6.92 Å². The summed E-state index contributed by atoms with van der Waals surface area (Å²) in [4.78, 5) is 6.07. The van der Waals surface area contributed by atoms with Crippen LogP contribution in [0.25, 0.3) is 0 Å². The van der Waals surface area contributed by atoms with Gasteiger partial charge in [0.15, 0.2) is 0 Å². The largest absolute Gasteiger partial charge is 0.375 e. The van der Waals surface area contributed by atoms with E-state index in [1.165, 1.54) is 10.6 Å². The topological polar surface area (TPSA) is 34.1 Å². The molecule has 0 bridgehead atoms. The number of ether oxygens (including phenoxy) is 1. The van der Waals surface area contributed by atoms with Gasteiger partial charge < -0.3 is 10.1 Å². The molecule has 0 aromatic carbocycles. The number of hydrogen-bond donors (Lipinski definition) is 1. The fourth-order valence-electron chi connectivity index (χ4n) is 1.60. The normalized spacial score (nSPS) is 12.1. The van der Waals surface area contributed by atoms with Gasteiger partial charge >= 0.3 is 0 Å². The highest BCUT2D eigenvalue weighted by molar-refractivity contribution is 7.11. The maximum Gasteiger partial charge on any atom is 0.119 e. The van der Waals surface area contributed by atoms with Gasteiger partial charge in [0.05, 0.1) is 12.3 Å². The molecule has 1 aromatic rings. The number of nitrogens with one attached hydrogen (secondary N) is 1. The first-order chi connectivity index (χ1) is 7.99. The molecule has 0 saturated heterocycles. The van der Waals surface area contributed by atoms with Crippen molar-refractivity contribution in [2.75, 3.05) is 13.2 Å². The summed E-state index contributed by atoms with van der Waals surface area (Å²) in [6.07, 6.45) is 0. The lowest BCUT2D eigenvalue weighted by atomic mass is 9.91. The monoisotopic (exact) mass is 256 g/mol. The molecule has 4 heteroatoms. The summed E-state index contributed by atoms with van der Waals surface area (Å²) in [7, 11) is 0. The Balaban J connectivity index is 2.87. The number of hydrogen-bond acceptors (Lipinski definition) is 4. The predicted molar refractivity (Wildman–Crippen MR) is 73.5 cm³/mol. The zero-order chi connectivity index (χ0) is 12.9. The Morgan fingerprint density at radius 1 is 1.29 bits per heavy atom. The molecule has 0 spiro atoms. The van der Waals surface area contributed by atoms with E-state index >= 15 is 0 Å². The van der Waals surface area contributed by atoms with Crippen LogP contribution in [-0.2, 0) is 23.3 Å². The van der Waals surface area contributed by atoms with E-state index in [2.05, 4.69) is 33.0 Å². The first-order valence-electron chi connectivity index (χ1n) is 6.26. The van der Waals surface area contributed by atoms with Crippen LogP contribution in [0, 0.1) is 0 Å². The van der Waals surface area contributed by atoms with Crippen molar-refractivity contribution in [3.05, 3.63) is 15.6 Å². The molecular formula is C13H24N2OS. The lowest BCUT2D eigenvalue weighted by molar-refractivity contribution is 0.133. The fourth-order valence-corrected chi connectivity index (χ4v) is 2.78. The van der Waals surface area contributed by atoms with Gasteiger partial charge in [0.1, 0.15) is 5.01 Å². The predicted octanol–water partition coefficient (Wildman–Crippen LogP) is 3.09. The zero-order valence-electron chi connectivity index (χ0n) is 11.6. The molecule has 98 valence electrons. The van der Waals surface area contributed by atoms with Crippen molar-refractivity contribution in [2.45, 2.75) is 53.2 Å². The highest BCUT2D eigenvalue weighted by Gasteiger charge is 2.22. The van der Waals surface area contributed by atoms with E-state index in [0.29, 0.717) is 6.61 Å². The minimum atomic E-state index is 0.103. The molecule has 1 heterocycles. The van der Waals surface area contributed by atoms with Gasteiger partial charge in [0.25, 0.3) is 0 Å². The van der Waals surface area contributed by atoms with Crippen LogP contribution in [0.3, 0.4) is 0 Å². The highest BCUT2D eigenvalue weighted by atomic mass is 32.1. The van der Waals surface area contributed by atoms with Gasteiger partial charge in [0, 0.05) is 23.4 Å². The molecule has 17 heavy (non-hydrogen) atoms. The first-order valence-corrected chi connectivity index (χ1v) is 7.08. The Labute approximate surface area is 109 Å². The van der Waals surface area contributed by atoms with Crippen molar-refractivity contribution in [2.24, 2.45) is 0 Å². The van der Waals surface area contributed by atoms with E-state index in [0.717, 1.165) is 24.7 Å². The van der Waals surface area contributed by atoms with Crippen LogP contribution < -0.4 is 5.32 Å². The summed E-state index contributed by atoms with van der Waals surface area (Å²) in [5.74, 6) is 0. The average molecular weight is 256 g/mol. The summed E-state index contributed by atoms with van der Waals surface area (Å²) >= 11 is 1.77. The van der Waals surface area contributed by atoms with Gasteiger partial charge in [0.2, 0.25) is 0 Å². The third kappa shape index (κ3) is 4.37. The van der Waals surface area contributed by atoms with Crippen LogP contribution in [0.4, 0.5) is 0 Å². The molecule has 0 radical (unpaired) electrons. The lowest BCUT2D eigenvalue weighted by Gasteiger charge is -2.17. The lowest BCUT2D eigenvalue weighted by Crippen LogP contribution is -2.18. The Morgan fingerprint density at radius 3 is 2.53 bits per heavy atom. The van der Waals surface area contributed by atoms with Crippen LogP contribution in [0.15, 0.2) is 0 Å². The van der Waals surface area contributed by atoms with Crippen molar-refractivity contribution in [3.63, 3.8) is 0 Å². The van der Waals surface area contributed by atoms with Crippen LogP contribution in [0.5, 0.6) is 0 Å². The summed E-state index contributed by atoms with van der Waals surface area (Å²) in [5, 5.41) is 4.46. The molecule has 0 fully saturated rings. The van der Waals surface area contributed by atoms with E-state index in [4.69, 9.17) is 9.72 Å². The van der Waals surface area contributed by atoms with Gasteiger partial charge in [-0.05, 0) is 13.5 Å². The number of nitrogens with zero attached hydrogens (tertiary/aromatic N) is 1. The molecule has 0 unspecified atom stereocenters. The first kappa shape index (κ1) is 14.6. The molecule has 0 aliphatic rings. The Bertz CT molecular complexity index is 342.